The number of aromatic nitrogens is 3. The molecule has 3 aromatic heterocycles. The monoisotopic (exact) mass is 506 g/mol. The Bertz CT molecular complexity index is 1450. The number of alkyl carbamates (subject to hydrolysis) is 1. The van der Waals surface area contributed by atoms with E-state index in [0.717, 1.165) is 23.6 Å². The van der Waals surface area contributed by atoms with Crippen LogP contribution in [0.15, 0.2) is 52.4 Å². The lowest BCUT2D eigenvalue weighted by molar-refractivity contribution is 0.0479. The van der Waals surface area contributed by atoms with Crippen LogP contribution < -0.4 is 15.6 Å². The zero-order valence-electron chi connectivity index (χ0n) is 22.2. The van der Waals surface area contributed by atoms with Crippen molar-refractivity contribution in [2.24, 2.45) is 13.0 Å². The molecule has 0 saturated heterocycles. The second-order valence-electron chi connectivity index (χ2n) is 10.4. The summed E-state index contributed by atoms with van der Waals surface area (Å²) in [5.74, 6) is 1.43. The van der Waals surface area contributed by atoms with Gasteiger partial charge in [0.1, 0.15) is 18.0 Å². The van der Waals surface area contributed by atoms with Crippen molar-refractivity contribution in [3.05, 3.63) is 53.5 Å². The Balaban J connectivity index is 1.74. The van der Waals surface area contributed by atoms with Gasteiger partial charge in [0, 0.05) is 30.9 Å². The summed E-state index contributed by atoms with van der Waals surface area (Å²) in [4.78, 5) is 33.7. The Morgan fingerprint density at radius 1 is 1.16 bits per heavy atom. The van der Waals surface area contributed by atoms with Gasteiger partial charge in [-0.15, -0.1) is 0 Å². The van der Waals surface area contributed by atoms with Crippen LogP contribution >= 0.6 is 0 Å². The molecule has 4 aromatic rings. The van der Waals surface area contributed by atoms with E-state index in [0.29, 0.717) is 33.9 Å². The van der Waals surface area contributed by atoms with Crippen molar-refractivity contribution in [1.29, 1.82) is 0 Å². The van der Waals surface area contributed by atoms with Gasteiger partial charge in [-0.05, 0) is 50.6 Å². The molecule has 2 atom stereocenters. The van der Waals surface area contributed by atoms with Crippen molar-refractivity contribution >= 4 is 27.8 Å². The fourth-order valence-electron chi connectivity index (χ4n) is 4.30. The number of benzene rings is 1. The highest BCUT2D eigenvalue weighted by atomic mass is 16.6. The molecule has 0 aliphatic carbocycles. The van der Waals surface area contributed by atoms with Crippen molar-refractivity contribution < 1.29 is 18.7 Å². The van der Waals surface area contributed by atoms with Gasteiger partial charge in [-0.1, -0.05) is 20.3 Å². The second-order valence-corrected chi connectivity index (χ2v) is 10.4. The molecule has 37 heavy (non-hydrogen) atoms. The van der Waals surface area contributed by atoms with Crippen LogP contribution in [0, 0.1) is 5.92 Å². The highest BCUT2D eigenvalue weighted by molar-refractivity contribution is 6.07. The normalized spacial score (nSPS) is 13.5. The summed E-state index contributed by atoms with van der Waals surface area (Å²) in [5.41, 5.74) is 0.657. The molecule has 0 saturated carbocycles. The maximum atomic E-state index is 13.0. The smallest absolute Gasteiger partial charge is 0.407 e. The van der Waals surface area contributed by atoms with Gasteiger partial charge in [0.2, 0.25) is 0 Å². The van der Waals surface area contributed by atoms with E-state index in [4.69, 9.17) is 13.9 Å². The number of aryl methyl sites for hydroxylation is 1. The molecule has 0 radical (unpaired) electrons. The molecular formula is C28H34N4O5. The molecule has 9 heteroatoms. The molecule has 1 aromatic carbocycles. The predicted octanol–water partition coefficient (Wildman–Crippen LogP) is 5.45. The lowest BCUT2D eigenvalue weighted by atomic mass is 9.99. The molecule has 196 valence electrons. The topological polar surface area (TPSA) is 108 Å². The first kappa shape index (κ1) is 26.2. The minimum absolute atomic E-state index is 0.143. The zero-order valence-corrected chi connectivity index (χ0v) is 22.2. The average Bonchev–Trinajstić information content (AvgIpc) is 3.39. The quantitative estimate of drug-likeness (QED) is 0.317. The minimum atomic E-state index is -0.604. The Kier molecular flexibility index (Phi) is 7.52. The number of hydrogen-bond donors (Lipinski definition) is 1. The molecule has 9 nitrogen and oxygen atoms in total. The molecule has 1 N–H and O–H groups in total. The molecule has 0 bridgehead atoms. The third kappa shape index (κ3) is 5.93. The van der Waals surface area contributed by atoms with E-state index in [2.05, 4.69) is 29.1 Å². The molecular weight excluding hydrogens is 472 g/mol. The van der Waals surface area contributed by atoms with E-state index in [1.807, 2.05) is 39.0 Å². The third-order valence-electron chi connectivity index (χ3n) is 6.35. The largest absolute Gasteiger partial charge is 0.491 e. The standard InChI is InChI=1S/C28H34N4O5/c1-7-17(2)10-18(31-27(34)37-28(3,4)5)15-35-24-12-23-20(11-21(24)25-14-30-16-36-25)19-8-9-29-13-22(19)26(33)32(23)6/h8-9,11-14,16-18H,7,10,15H2,1-6H3,(H,31,34)/t17?,18-/m0/s1. The van der Waals surface area contributed by atoms with E-state index in [1.165, 1.54) is 6.39 Å². The van der Waals surface area contributed by atoms with Gasteiger partial charge < -0.3 is 23.8 Å². The third-order valence-corrected chi connectivity index (χ3v) is 6.35. The van der Waals surface area contributed by atoms with Crippen LogP contribution in [0.5, 0.6) is 5.75 Å². The van der Waals surface area contributed by atoms with Gasteiger partial charge in [0.15, 0.2) is 12.2 Å². The first-order chi connectivity index (χ1) is 17.6. The molecule has 1 amide bonds. The van der Waals surface area contributed by atoms with E-state index >= 15 is 0 Å². The lowest BCUT2D eigenvalue weighted by Crippen LogP contribution is -2.43. The van der Waals surface area contributed by atoms with Crippen LogP contribution in [-0.4, -0.2) is 38.9 Å². The number of nitrogens with zero attached hydrogens (tertiary/aromatic N) is 3. The van der Waals surface area contributed by atoms with Crippen LogP contribution in [-0.2, 0) is 11.8 Å². The molecule has 0 aliphatic heterocycles. The molecule has 1 unspecified atom stereocenters. The number of carbonyl (C=O) groups excluding carboxylic acids is 1. The van der Waals surface area contributed by atoms with Crippen LogP contribution in [0.4, 0.5) is 4.79 Å². The lowest BCUT2D eigenvalue weighted by Gasteiger charge is -2.25. The van der Waals surface area contributed by atoms with Crippen LogP contribution in [0.25, 0.3) is 33.0 Å². The van der Waals surface area contributed by atoms with Crippen molar-refractivity contribution in [3.63, 3.8) is 0 Å². The number of fused-ring (bicyclic) bond motifs is 3. The SMILES string of the molecule is CCC(C)C[C@@H](COc1cc2c(cc1-c1cnco1)c1ccncc1c(=O)n2C)NC(=O)OC(C)(C)C. The number of amides is 1. The Labute approximate surface area is 215 Å². The Morgan fingerprint density at radius 3 is 2.62 bits per heavy atom. The van der Waals surface area contributed by atoms with Gasteiger partial charge in [-0.25, -0.2) is 9.78 Å². The molecule has 0 aliphatic rings. The molecule has 4 rings (SSSR count). The van der Waals surface area contributed by atoms with E-state index < -0.39 is 11.7 Å². The van der Waals surface area contributed by atoms with E-state index in [1.54, 1.807) is 30.2 Å². The minimum Gasteiger partial charge on any atom is -0.491 e. The number of rotatable bonds is 8. The summed E-state index contributed by atoms with van der Waals surface area (Å²) >= 11 is 0. The number of oxazole rings is 1. The molecule has 0 fully saturated rings. The van der Waals surface area contributed by atoms with Gasteiger partial charge in [0.05, 0.1) is 28.7 Å². The van der Waals surface area contributed by atoms with Gasteiger partial charge in [0.25, 0.3) is 5.56 Å². The highest BCUT2D eigenvalue weighted by Crippen LogP contribution is 2.36. The van der Waals surface area contributed by atoms with Crippen LogP contribution in [0.3, 0.4) is 0 Å². The summed E-state index contributed by atoms with van der Waals surface area (Å²) in [6.07, 6.45) is 7.43. The summed E-state index contributed by atoms with van der Waals surface area (Å²) < 4.78 is 19.0. The Morgan fingerprint density at radius 2 is 1.95 bits per heavy atom. The number of pyridine rings is 2. The van der Waals surface area contributed by atoms with Crippen molar-refractivity contribution in [1.82, 2.24) is 19.9 Å². The fraction of sp³-hybridized carbons (Fsp3) is 0.429. The maximum absolute atomic E-state index is 13.0. The second kappa shape index (κ2) is 10.6. The summed E-state index contributed by atoms with van der Waals surface area (Å²) in [6, 6.07) is 5.33. The van der Waals surface area contributed by atoms with Gasteiger partial charge in [-0.2, -0.15) is 0 Å². The first-order valence-corrected chi connectivity index (χ1v) is 12.5. The van der Waals surface area contributed by atoms with Crippen LogP contribution in [0.1, 0.15) is 47.5 Å². The van der Waals surface area contributed by atoms with Gasteiger partial charge in [-0.3, -0.25) is 9.78 Å². The van der Waals surface area contributed by atoms with E-state index in [-0.39, 0.29) is 18.2 Å². The number of carbonyl (C=O) groups is 1. The highest BCUT2D eigenvalue weighted by Gasteiger charge is 2.23. The molecule has 3 heterocycles. The zero-order chi connectivity index (χ0) is 26.7. The summed E-state index contributed by atoms with van der Waals surface area (Å²) in [5, 5.41) is 5.15. The summed E-state index contributed by atoms with van der Waals surface area (Å²) in [7, 11) is 1.73. The average molecular weight is 507 g/mol. The number of ether oxygens (including phenoxy) is 2. The van der Waals surface area contributed by atoms with Crippen molar-refractivity contribution in [2.45, 2.75) is 59.1 Å². The van der Waals surface area contributed by atoms with Crippen LogP contribution in [0.2, 0.25) is 0 Å². The number of nitrogens with one attached hydrogen (secondary N) is 1. The first-order valence-electron chi connectivity index (χ1n) is 12.5. The van der Waals surface area contributed by atoms with Gasteiger partial charge >= 0.3 is 6.09 Å². The Hall–Kier alpha value is -3.88. The van der Waals surface area contributed by atoms with Crippen molar-refractivity contribution in [3.8, 4) is 17.1 Å². The fourth-order valence-corrected chi connectivity index (χ4v) is 4.30. The predicted molar refractivity (Wildman–Crippen MR) is 143 cm³/mol. The summed E-state index contributed by atoms with van der Waals surface area (Å²) in [6.45, 7) is 9.94. The number of hydrogen-bond acceptors (Lipinski definition) is 7. The van der Waals surface area contributed by atoms with Crippen molar-refractivity contribution in [2.75, 3.05) is 6.61 Å². The van der Waals surface area contributed by atoms with E-state index in [9.17, 15) is 9.59 Å². The maximum Gasteiger partial charge on any atom is 0.407 e. The molecule has 0 spiro atoms.